The van der Waals surface area contributed by atoms with Crippen LogP contribution in [0.25, 0.3) is 0 Å². The summed E-state index contributed by atoms with van der Waals surface area (Å²) >= 11 is 0. The molecule has 0 aromatic carbocycles. The second-order valence-corrected chi connectivity index (χ2v) is 5.28. The molecule has 0 amide bonds. The van der Waals surface area contributed by atoms with Crippen LogP contribution in [-0.4, -0.2) is 17.9 Å². The Bertz CT molecular complexity index is 227. The lowest BCUT2D eigenvalue weighted by atomic mass is 9.84. The van der Waals surface area contributed by atoms with Crippen molar-refractivity contribution in [3.05, 3.63) is 0 Å². The highest BCUT2D eigenvalue weighted by molar-refractivity contribution is 5.81. The fourth-order valence-electron chi connectivity index (χ4n) is 3.11. The van der Waals surface area contributed by atoms with E-state index in [-0.39, 0.29) is 0 Å². The molecule has 2 rings (SSSR count). The Labute approximate surface area is 92.8 Å². The minimum absolute atomic E-state index is 0.329. The summed E-state index contributed by atoms with van der Waals surface area (Å²) in [5, 5.41) is 3.62. The van der Waals surface area contributed by atoms with Crippen molar-refractivity contribution in [3.8, 4) is 0 Å². The lowest BCUT2D eigenvalue weighted by Gasteiger charge is -2.33. The third kappa shape index (κ3) is 2.81. The van der Waals surface area contributed by atoms with Crippen LogP contribution < -0.4 is 5.32 Å². The standard InChI is InChI=1S/C13H23NO/c1-10-6-5-8-12(14-10)11-7-3-2-4-9-13(11)15/h10-12,14H,2-9H2,1H3. The summed E-state index contributed by atoms with van der Waals surface area (Å²) in [6, 6.07) is 1.10. The van der Waals surface area contributed by atoms with Gasteiger partial charge in [0, 0.05) is 24.4 Å². The second-order valence-electron chi connectivity index (χ2n) is 5.28. The zero-order chi connectivity index (χ0) is 10.7. The Kier molecular flexibility index (Phi) is 3.79. The summed E-state index contributed by atoms with van der Waals surface area (Å²) in [4.78, 5) is 12.0. The van der Waals surface area contributed by atoms with Crippen molar-refractivity contribution < 1.29 is 4.79 Å². The molecule has 1 N–H and O–H groups in total. The van der Waals surface area contributed by atoms with Gasteiger partial charge < -0.3 is 5.32 Å². The number of carbonyl (C=O) groups is 1. The second kappa shape index (κ2) is 5.11. The molecule has 15 heavy (non-hydrogen) atoms. The number of hydrogen-bond donors (Lipinski definition) is 1. The number of carbonyl (C=O) groups excluding carboxylic acids is 1. The predicted octanol–water partition coefficient (Wildman–Crippen LogP) is 2.67. The minimum Gasteiger partial charge on any atom is -0.311 e. The molecule has 2 aliphatic rings. The van der Waals surface area contributed by atoms with Crippen molar-refractivity contribution in [2.24, 2.45) is 5.92 Å². The number of hydrogen-bond acceptors (Lipinski definition) is 2. The molecule has 0 spiro atoms. The monoisotopic (exact) mass is 209 g/mol. The van der Waals surface area contributed by atoms with Gasteiger partial charge in [-0.05, 0) is 32.6 Å². The third-order valence-electron chi connectivity index (χ3n) is 3.99. The molecular weight excluding hydrogens is 186 g/mol. The van der Waals surface area contributed by atoms with Crippen molar-refractivity contribution >= 4 is 5.78 Å². The first-order valence-corrected chi connectivity index (χ1v) is 6.56. The third-order valence-corrected chi connectivity index (χ3v) is 3.99. The first-order valence-electron chi connectivity index (χ1n) is 6.56. The maximum atomic E-state index is 12.0. The van der Waals surface area contributed by atoms with Crippen LogP contribution >= 0.6 is 0 Å². The Hall–Kier alpha value is -0.370. The van der Waals surface area contributed by atoms with Crippen LogP contribution in [0.2, 0.25) is 0 Å². The molecule has 0 bridgehead atoms. The molecule has 1 saturated heterocycles. The molecule has 86 valence electrons. The molecule has 0 radical (unpaired) electrons. The summed E-state index contributed by atoms with van der Waals surface area (Å²) in [7, 11) is 0. The topological polar surface area (TPSA) is 29.1 Å². The average molecular weight is 209 g/mol. The van der Waals surface area contributed by atoms with E-state index in [2.05, 4.69) is 12.2 Å². The molecule has 1 aliphatic heterocycles. The minimum atomic E-state index is 0.329. The van der Waals surface area contributed by atoms with E-state index in [0.29, 0.717) is 23.8 Å². The van der Waals surface area contributed by atoms with E-state index >= 15 is 0 Å². The summed E-state index contributed by atoms with van der Waals surface area (Å²) in [6.45, 7) is 2.24. The van der Waals surface area contributed by atoms with E-state index in [1.165, 1.54) is 32.1 Å². The van der Waals surface area contributed by atoms with E-state index in [9.17, 15) is 4.79 Å². The zero-order valence-electron chi connectivity index (χ0n) is 9.80. The molecule has 3 atom stereocenters. The van der Waals surface area contributed by atoms with E-state index in [0.717, 1.165) is 19.3 Å². The Morgan fingerprint density at radius 2 is 1.93 bits per heavy atom. The van der Waals surface area contributed by atoms with Gasteiger partial charge >= 0.3 is 0 Å². The highest BCUT2D eigenvalue weighted by Gasteiger charge is 2.31. The maximum absolute atomic E-state index is 12.0. The molecule has 3 unspecified atom stereocenters. The first-order chi connectivity index (χ1) is 7.27. The molecule has 2 nitrogen and oxygen atoms in total. The fraction of sp³-hybridized carbons (Fsp3) is 0.923. The normalized spacial score (nSPS) is 38.7. The van der Waals surface area contributed by atoms with Gasteiger partial charge in [-0.15, -0.1) is 0 Å². The lowest BCUT2D eigenvalue weighted by Crippen LogP contribution is -2.47. The van der Waals surface area contributed by atoms with Crippen LogP contribution in [0.15, 0.2) is 0 Å². The van der Waals surface area contributed by atoms with Gasteiger partial charge in [0.1, 0.15) is 5.78 Å². The molecule has 2 heteroatoms. The Balaban J connectivity index is 1.97. The SMILES string of the molecule is CC1CCCC(C2CCCCCC2=O)N1. The van der Waals surface area contributed by atoms with Gasteiger partial charge in [-0.3, -0.25) is 4.79 Å². The van der Waals surface area contributed by atoms with Crippen LogP contribution in [0, 0.1) is 5.92 Å². The predicted molar refractivity (Wildman–Crippen MR) is 61.8 cm³/mol. The summed E-state index contributed by atoms with van der Waals surface area (Å²) < 4.78 is 0. The van der Waals surface area contributed by atoms with Gasteiger partial charge in [0.25, 0.3) is 0 Å². The van der Waals surface area contributed by atoms with Crippen molar-refractivity contribution in [3.63, 3.8) is 0 Å². The Morgan fingerprint density at radius 1 is 1.07 bits per heavy atom. The maximum Gasteiger partial charge on any atom is 0.137 e. The molecule has 1 aliphatic carbocycles. The fourth-order valence-corrected chi connectivity index (χ4v) is 3.11. The zero-order valence-corrected chi connectivity index (χ0v) is 9.80. The van der Waals surface area contributed by atoms with Crippen molar-refractivity contribution in [2.75, 3.05) is 0 Å². The first kappa shape index (κ1) is 11.1. The van der Waals surface area contributed by atoms with Gasteiger partial charge in [-0.1, -0.05) is 19.3 Å². The number of nitrogens with one attached hydrogen (secondary N) is 1. The van der Waals surface area contributed by atoms with Crippen LogP contribution in [0.3, 0.4) is 0 Å². The number of ketones is 1. The number of piperidine rings is 1. The van der Waals surface area contributed by atoms with Gasteiger partial charge in [0.05, 0.1) is 0 Å². The molecular formula is C13H23NO. The smallest absolute Gasteiger partial charge is 0.137 e. The summed E-state index contributed by atoms with van der Waals surface area (Å²) in [5.74, 6) is 0.856. The van der Waals surface area contributed by atoms with Gasteiger partial charge in [-0.25, -0.2) is 0 Å². The highest BCUT2D eigenvalue weighted by atomic mass is 16.1. The molecule has 0 aromatic rings. The van der Waals surface area contributed by atoms with Crippen LogP contribution in [0.5, 0.6) is 0 Å². The lowest BCUT2D eigenvalue weighted by molar-refractivity contribution is -0.123. The average Bonchev–Trinajstić information content (AvgIpc) is 2.43. The van der Waals surface area contributed by atoms with Gasteiger partial charge in [-0.2, -0.15) is 0 Å². The number of rotatable bonds is 1. The summed E-state index contributed by atoms with van der Waals surface area (Å²) in [5.41, 5.74) is 0. The van der Waals surface area contributed by atoms with Gasteiger partial charge in [0.2, 0.25) is 0 Å². The van der Waals surface area contributed by atoms with Crippen molar-refractivity contribution in [1.29, 1.82) is 0 Å². The van der Waals surface area contributed by atoms with E-state index < -0.39 is 0 Å². The highest BCUT2D eigenvalue weighted by Crippen LogP contribution is 2.27. The molecule has 2 fully saturated rings. The van der Waals surface area contributed by atoms with Crippen LogP contribution in [0.1, 0.15) is 58.3 Å². The van der Waals surface area contributed by atoms with E-state index in [1.807, 2.05) is 0 Å². The van der Waals surface area contributed by atoms with Crippen molar-refractivity contribution in [2.45, 2.75) is 70.4 Å². The van der Waals surface area contributed by atoms with Crippen LogP contribution in [-0.2, 0) is 4.79 Å². The van der Waals surface area contributed by atoms with Crippen LogP contribution in [0.4, 0.5) is 0 Å². The molecule has 1 heterocycles. The van der Waals surface area contributed by atoms with E-state index in [4.69, 9.17) is 0 Å². The number of Topliss-reactive ketones (excluding diaryl/α,β-unsaturated/α-hetero) is 1. The van der Waals surface area contributed by atoms with E-state index in [1.54, 1.807) is 0 Å². The molecule has 0 aromatic heterocycles. The molecule has 1 saturated carbocycles. The van der Waals surface area contributed by atoms with Gasteiger partial charge in [0.15, 0.2) is 0 Å². The summed E-state index contributed by atoms with van der Waals surface area (Å²) in [6.07, 6.45) is 9.37. The quantitative estimate of drug-likeness (QED) is 0.673. The largest absolute Gasteiger partial charge is 0.311 e. The van der Waals surface area contributed by atoms with Crippen molar-refractivity contribution in [1.82, 2.24) is 5.32 Å². The Morgan fingerprint density at radius 3 is 2.73 bits per heavy atom.